The monoisotopic (exact) mass is 295 g/mol. The summed E-state index contributed by atoms with van der Waals surface area (Å²) in [5.74, 6) is 0.843. The van der Waals surface area contributed by atoms with E-state index in [2.05, 4.69) is 18.7 Å². The van der Waals surface area contributed by atoms with Crippen LogP contribution in [0.2, 0.25) is 0 Å². The second kappa shape index (κ2) is 8.33. The van der Waals surface area contributed by atoms with Crippen molar-refractivity contribution in [3.63, 3.8) is 0 Å². The molecule has 19 heavy (non-hydrogen) atoms. The number of hydrogen-bond acceptors (Lipinski definition) is 3. The highest BCUT2D eigenvalue weighted by molar-refractivity contribution is 8.22. The molecule has 0 radical (unpaired) electrons. The van der Waals surface area contributed by atoms with Gasteiger partial charge in [0.25, 0.3) is 0 Å². The molecule has 0 aliphatic carbocycles. The molecule has 0 N–H and O–H groups in total. The zero-order valence-corrected chi connectivity index (χ0v) is 13.4. The highest BCUT2D eigenvalue weighted by atomic mass is 32.2. The Morgan fingerprint density at radius 3 is 2.32 bits per heavy atom. The van der Waals surface area contributed by atoms with E-state index in [1.165, 1.54) is 0 Å². The first-order valence-corrected chi connectivity index (χ1v) is 7.96. The number of rotatable bonds is 6. The SMILES string of the molecule is CCN(CC)C(=S)SCC(C(C)=O)c1ccccc1. The molecule has 1 atom stereocenters. The molecule has 1 rings (SSSR count). The van der Waals surface area contributed by atoms with Crippen molar-refractivity contribution in [1.82, 2.24) is 4.90 Å². The third kappa shape index (κ3) is 4.96. The quantitative estimate of drug-likeness (QED) is 0.745. The van der Waals surface area contributed by atoms with Crippen LogP contribution in [0.15, 0.2) is 30.3 Å². The van der Waals surface area contributed by atoms with Crippen LogP contribution >= 0.6 is 24.0 Å². The fraction of sp³-hybridized carbons (Fsp3) is 0.467. The van der Waals surface area contributed by atoms with E-state index in [9.17, 15) is 4.79 Å². The van der Waals surface area contributed by atoms with Crippen molar-refractivity contribution >= 4 is 34.1 Å². The molecule has 1 aromatic rings. The average molecular weight is 295 g/mol. The van der Waals surface area contributed by atoms with Gasteiger partial charge in [-0.25, -0.2) is 0 Å². The maximum Gasteiger partial charge on any atom is 0.138 e. The molecule has 0 saturated carbocycles. The minimum absolute atomic E-state index is 0.0697. The van der Waals surface area contributed by atoms with Gasteiger partial charge in [-0.1, -0.05) is 54.3 Å². The first-order chi connectivity index (χ1) is 9.10. The van der Waals surface area contributed by atoms with Crippen molar-refractivity contribution in [3.8, 4) is 0 Å². The third-order valence-corrected chi connectivity index (χ3v) is 4.70. The van der Waals surface area contributed by atoms with Crippen LogP contribution in [-0.2, 0) is 4.79 Å². The van der Waals surface area contributed by atoms with Crippen LogP contribution in [0.1, 0.15) is 32.3 Å². The molecule has 4 heteroatoms. The number of nitrogens with zero attached hydrogens (tertiary/aromatic N) is 1. The number of hydrogen-bond donors (Lipinski definition) is 0. The molecule has 0 spiro atoms. The zero-order chi connectivity index (χ0) is 14.3. The topological polar surface area (TPSA) is 20.3 Å². The Labute approximate surface area is 125 Å². The van der Waals surface area contributed by atoms with Gasteiger partial charge in [-0.05, 0) is 26.3 Å². The lowest BCUT2D eigenvalue weighted by atomic mass is 9.98. The van der Waals surface area contributed by atoms with Crippen molar-refractivity contribution < 1.29 is 4.79 Å². The molecule has 0 amide bonds. The molecule has 0 fully saturated rings. The summed E-state index contributed by atoms with van der Waals surface area (Å²) in [6.45, 7) is 7.67. The summed E-state index contributed by atoms with van der Waals surface area (Å²) in [7, 11) is 0. The van der Waals surface area contributed by atoms with Gasteiger partial charge in [0.15, 0.2) is 0 Å². The van der Waals surface area contributed by atoms with Gasteiger partial charge in [-0.3, -0.25) is 4.79 Å². The van der Waals surface area contributed by atoms with E-state index < -0.39 is 0 Å². The van der Waals surface area contributed by atoms with Gasteiger partial charge in [-0.15, -0.1) is 0 Å². The van der Waals surface area contributed by atoms with Gasteiger partial charge < -0.3 is 4.90 Å². The van der Waals surface area contributed by atoms with Gasteiger partial charge in [0.1, 0.15) is 10.1 Å². The molecule has 0 saturated heterocycles. The van der Waals surface area contributed by atoms with Gasteiger partial charge in [0, 0.05) is 18.8 Å². The number of thioether (sulfide) groups is 1. The number of carbonyl (C=O) groups is 1. The Bertz CT molecular complexity index is 415. The normalized spacial score (nSPS) is 11.9. The largest absolute Gasteiger partial charge is 0.358 e. The molecule has 1 aromatic carbocycles. The zero-order valence-electron chi connectivity index (χ0n) is 11.8. The summed E-state index contributed by atoms with van der Waals surface area (Å²) in [5, 5.41) is 0. The number of Topliss-reactive ketones (excluding diaryl/α,β-unsaturated/α-hetero) is 1. The molecule has 0 aromatic heterocycles. The van der Waals surface area contributed by atoms with Crippen LogP contribution < -0.4 is 0 Å². The molecule has 0 heterocycles. The number of carbonyl (C=O) groups excluding carboxylic acids is 1. The molecule has 104 valence electrons. The van der Waals surface area contributed by atoms with Crippen LogP contribution in [0.3, 0.4) is 0 Å². The minimum atomic E-state index is -0.0697. The summed E-state index contributed by atoms with van der Waals surface area (Å²) >= 11 is 7.01. The van der Waals surface area contributed by atoms with Gasteiger partial charge in [-0.2, -0.15) is 0 Å². The first kappa shape index (κ1) is 16.2. The number of ketones is 1. The molecular formula is C15H21NOS2. The van der Waals surface area contributed by atoms with E-state index in [1.54, 1.807) is 18.7 Å². The first-order valence-electron chi connectivity index (χ1n) is 6.57. The summed E-state index contributed by atoms with van der Waals surface area (Å²) in [6, 6.07) is 9.92. The lowest BCUT2D eigenvalue weighted by Gasteiger charge is -2.22. The van der Waals surface area contributed by atoms with E-state index in [4.69, 9.17) is 12.2 Å². The van der Waals surface area contributed by atoms with Gasteiger partial charge in [0.2, 0.25) is 0 Å². The van der Waals surface area contributed by atoms with Crippen molar-refractivity contribution in [2.45, 2.75) is 26.7 Å². The molecule has 0 aliphatic rings. The Balaban J connectivity index is 2.66. The highest BCUT2D eigenvalue weighted by Gasteiger charge is 2.18. The smallest absolute Gasteiger partial charge is 0.138 e. The van der Waals surface area contributed by atoms with Crippen LogP contribution in [0.4, 0.5) is 0 Å². The number of thiocarbonyl (C=S) groups is 1. The van der Waals surface area contributed by atoms with E-state index in [1.807, 2.05) is 30.3 Å². The summed E-state index contributed by atoms with van der Waals surface area (Å²) in [5.41, 5.74) is 1.07. The molecule has 0 aliphatic heterocycles. The summed E-state index contributed by atoms with van der Waals surface area (Å²) in [4.78, 5) is 13.9. The van der Waals surface area contributed by atoms with E-state index in [0.29, 0.717) is 5.75 Å². The molecular weight excluding hydrogens is 274 g/mol. The Kier molecular flexibility index (Phi) is 7.10. The van der Waals surface area contributed by atoms with Crippen LogP contribution in [-0.4, -0.2) is 33.8 Å². The standard InChI is InChI=1S/C15H21NOS2/c1-4-16(5-2)15(18)19-11-14(12(3)17)13-9-7-6-8-10-13/h6-10,14H,4-5,11H2,1-3H3. The highest BCUT2D eigenvalue weighted by Crippen LogP contribution is 2.23. The molecule has 2 nitrogen and oxygen atoms in total. The summed E-state index contributed by atoms with van der Waals surface area (Å²) < 4.78 is 0.882. The van der Waals surface area contributed by atoms with Gasteiger partial charge >= 0.3 is 0 Å². The fourth-order valence-corrected chi connectivity index (χ4v) is 3.50. The van der Waals surface area contributed by atoms with Crippen molar-refractivity contribution in [2.24, 2.45) is 0 Å². The fourth-order valence-electron chi connectivity index (χ4n) is 1.86. The van der Waals surface area contributed by atoms with Crippen LogP contribution in [0.5, 0.6) is 0 Å². The predicted octanol–water partition coefficient (Wildman–Crippen LogP) is 3.72. The van der Waals surface area contributed by atoms with Gasteiger partial charge in [0.05, 0.1) is 5.92 Å². The minimum Gasteiger partial charge on any atom is -0.358 e. The van der Waals surface area contributed by atoms with Crippen molar-refractivity contribution in [1.29, 1.82) is 0 Å². The lowest BCUT2D eigenvalue weighted by Crippen LogP contribution is -2.27. The maximum atomic E-state index is 11.8. The Morgan fingerprint density at radius 2 is 1.84 bits per heavy atom. The van der Waals surface area contributed by atoms with Crippen molar-refractivity contribution in [2.75, 3.05) is 18.8 Å². The summed E-state index contributed by atoms with van der Waals surface area (Å²) in [6.07, 6.45) is 0. The van der Waals surface area contributed by atoms with Crippen molar-refractivity contribution in [3.05, 3.63) is 35.9 Å². The Hall–Kier alpha value is -0.870. The van der Waals surface area contributed by atoms with E-state index in [-0.39, 0.29) is 11.7 Å². The maximum absolute atomic E-state index is 11.8. The van der Waals surface area contributed by atoms with E-state index in [0.717, 1.165) is 23.0 Å². The molecule has 0 bridgehead atoms. The predicted molar refractivity (Wildman–Crippen MR) is 87.8 cm³/mol. The molecule has 1 unspecified atom stereocenters. The Morgan fingerprint density at radius 1 is 1.26 bits per heavy atom. The number of benzene rings is 1. The third-order valence-electron chi connectivity index (χ3n) is 3.09. The van der Waals surface area contributed by atoms with Crippen LogP contribution in [0, 0.1) is 0 Å². The van der Waals surface area contributed by atoms with E-state index >= 15 is 0 Å². The average Bonchev–Trinajstić information content (AvgIpc) is 2.41. The van der Waals surface area contributed by atoms with Crippen LogP contribution in [0.25, 0.3) is 0 Å². The second-order valence-electron chi connectivity index (χ2n) is 4.32. The second-order valence-corrected chi connectivity index (χ2v) is 5.98. The lowest BCUT2D eigenvalue weighted by molar-refractivity contribution is -0.117.